The van der Waals surface area contributed by atoms with Crippen molar-refractivity contribution in [3.63, 3.8) is 0 Å². The Kier molecular flexibility index (Phi) is 4.09. The quantitative estimate of drug-likeness (QED) is 0.649. The molecule has 18 heavy (non-hydrogen) atoms. The van der Waals surface area contributed by atoms with Crippen LogP contribution in [-0.2, 0) is 16.6 Å². The Bertz CT molecular complexity index is 492. The summed E-state index contributed by atoms with van der Waals surface area (Å²) >= 11 is 0. The minimum atomic E-state index is -1.31. The van der Waals surface area contributed by atoms with Gasteiger partial charge in [-0.15, -0.1) is 0 Å². The maximum absolute atomic E-state index is 11.8. The zero-order valence-corrected chi connectivity index (χ0v) is 10.1. The summed E-state index contributed by atoms with van der Waals surface area (Å²) in [5.41, 5.74) is 6.11. The molecule has 98 valence electrons. The number of nitrogens with two attached hydrogens (primary N) is 1. The van der Waals surface area contributed by atoms with Crippen molar-refractivity contribution in [2.24, 2.45) is 12.8 Å². The van der Waals surface area contributed by atoms with Gasteiger partial charge in [-0.1, -0.05) is 0 Å². The van der Waals surface area contributed by atoms with E-state index in [-0.39, 0.29) is 0 Å². The van der Waals surface area contributed by atoms with Gasteiger partial charge >= 0.3 is 5.97 Å². The molecule has 0 aromatic carbocycles. The average molecular weight is 253 g/mol. The van der Waals surface area contributed by atoms with Gasteiger partial charge in [0.05, 0.1) is 6.42 Å². The van der Waals surface area contributed by atoms with Gasteiger partial charge in [0.1, 0.15) is 11.7 Å². The van der Waals surface area contributed by atoms with E-state index in [0.717, 1.165) is 5.69 Å². The van der Waals surface area contributed by atoms with Crippen LogP contribution in [0.5, 0.6) is 0 Å². The van der Waals surface area contributed by atoms with Crippen molar-refractivity contribution in [2.75, 3.05) is 0 Å². The predicted molar refractivity (Wildman–Crippen MR) is 62.9 cm³/mol. The van der Waals surface area contributed by atoms with Crippen LogP contribution in [0.15, 0.2) is 12.1 Å². The molecule has 2 amide bonds. The second-order valence-electron chi connectivity index (χ2n) is 3.95. The van der Waals surface area contributed by atoms with Crippen molar-refractivity contribution in [2.45, 2.75) is 19.4 Å². The zero-order chi connectivity index (χ0) is 13.9. The molecule has 1 unspecified atom stereocenters. The first kappa shape index (κ1) is 13.8. The second-order valence-corrected chi connectivity index (χ2v) is 3.95. The molecule has 4 N–H and O–H groups in total. The molecule has 0 saturated heterocycles. The van der Waals surface area contributed by atoms with Crippen LogP contribution >= 0.6 is 0 Å². The number of aromatic nitrogens is 1. The highest BCUT2D eigenvalue weighted by Crippen LogP contribution is 2.06. The van der Waals surface area contributed by atoms with Gasteiger partial charge in [-0.05, 0) is 19.1 Å². The van der Waals surface area contributed by atoms with Gasteiger partial charge < -0.3 is 20.7 Å². The van der Waals surface area contributed by atoms with Gasteiger partial charge in [-0.2, -0.15) is 0 Å². The third kappa shape index (κ3) is 3.09. The number of aliphatic carboxylic acids is 1. The van der Waals surface area contributed by atoms with E-state index >= 15 is 0 Å². The molecular formula is C11H15N3O4. The number of carbonyl (C=O) groups is 3. The molecule has 7 heteroatoms. The summed E-state index contributed by atoms with van der Waals surface area (Å²) in [6.45, 7) is 1.81. The Morgan fingerprint density at radius 2 is 2.06 bits per heavy atom. The van der Waals surface area contributed by atoms with E-state index in [1.54, 1.807) is 23.7 Å². The molecule has 1 heterocycles. The van der Waals surface area contributed by atoms with Gasteiger partial charge in [0.25, 0.3) is 5.91 Å². The summed E-state index contributed by atoms with van der Waals surface area (Å²) in [6, 6.07) is 2.00. The smallest absolute Gasteiger partial charge is 0.326 e. The van der Waals surface area contributed by atoms with E-state index in [4.69, 9.17) is 10.8 Å². The molecule has 0 aliphatic heterocycles. The number of hydrogen-bond donors (Lipinski definition) is 3. The Morgan fingerprint density at radius 1 is 1.44 bits per heavy atom. The highest BCUT2D eigenvalue weighted by atomic mass is 16.4. The van der Waals surface area contributed by atoms with Crippen molar-refractivity contribution in [1.29, 1.82) is 0 Å². The van der Waals surface area contributed by atoms with E-state index in [9.17, 15) is 14.4 Å². The minimum absolute atomic E-state index is 0.322. The molecule has 0 aliphatic carbocycles. The van der Waals surface area contributed by atoms with Crippen molar-refractivity contribution in [3.8, 4) is 0 Å². The molecule has 1 rings (SSSR count). The van der Waals surface area contributed by atoms with E-state index in [2.05, 4.69) is 5.32 Å². The molecule has 1 atom stereocenters. The highest BCUT2D eigenvalue weighted by Gasteiger charge is 2.23. The number of amides is 2. The third-order valence-electron chi connectivity index (χ3n) is 2.61. The van der Waals surface area contributed by atoms with Crippen LogP contribution in [0.3, 0.4) is 0 Å². The highest BCUT2D eigenvalue weighted by molar-refractivity contribution is 5.96. The van der Waals surface area contributed by atoms with Crippen molar-refractivity contribution < 1.29 is 19.5 Å². The van der Waals surface area contributed by atoms with Crippen LogP contribution in [0.4, 0.5) is 0 Å². The molecule has 0 radical (unpaired) electrons. The van der Waals surface area contributed by atoms with Crippen molar-refractivity contribution in [3.05, 3.63) is 23.5 Å². The summed E-state index contributed by atoms with van der Waals surface area (Å²) in [4.78, 5) is 33.4. The molecule has 1 aromatic heterocycles. The number of rotatable bonds is 5. The topological polar surface area (TPSA) is 114 Å². The van der Waals surface area contributed by atoms with Crippen molar-refractivity contribution >= 4 is 17.8 Å². The van der Waals surface area contributed by atoms with E-state index in [0.29, 0.717) is 5.69 Å². The van der Waals surface area contributed by atoms with Gasteiger partial charge in [-0.3, -0.25) is 9.59 Å². The molecule has 0 bridgehead atoms. The van der Waals surface area contributed by atoms with Crippen LogP contribution < -0.4 is 11.1 Å². The summed E-state index contributed by atoms with van der Waals surface area (Å²) < 4.78 is 1.62. The minimum Gasteiger partial charge on any atom is -0.480 e. The molecular weight excluding hydrogens is 238 g/mol. The Balaban J connectivity index is 2.82. The molecule has 0 aliphatic rings. The lowest BCUT2D eigenvalue weighted by Crippen LogP contribution is -2.43. The third-order valence-corrected chi connectivity index (χ3v) is 2.61. The predicted octanol–water partition coefficient (Wildman–Crippen LogP) is -0.608. The largest absolute Gasteiger partial charge is 0.480 e. The number of nitrogens with one attached hydrogen (secondary N) is 1. The lowest BCUT2D eigenvalue weighted by atomic mass is 10.2. The number of carbonyl (C=O) groups excluding carboxylic acids is 2. The molecule has 7 nitrogen and oxygen atoms in total. The number of hydrogen-bond acceptors (Lipinski definition) is 3. The van der Waals surface area contributed by atoms with Gasteiger partial charge in [0, 0.05) is 12.7 Å². The van der Waals surface area contributed by atoms with Crippen LogP contribution in [0.25, 0.3) is 0 Å². The molecule has 0 saturated carbocycles. The fraction of sp³-hybridized carbons (Fsp3) is 0.364. The zero-order valence-electron chi connectivity index (χ0n) is 10.1. The van der Waals surface area contributed by atoms with E-state index < -0.39 is 30.2 Å². The maximum Gasteiger partial charge on any atom is 0.326 e. The van der Waals surface area contributed by atoms with Crippen molar-refractivity contribution in [1.82, 2.24) is 9.88 Å². The van der Waals surface area contributed by atoms with E-state index in [1.165, 1.54) is 0 Å². The fourth-order valence-electron chi connectivity index (χ4n) is 1.47. The molecule has 0 fully saturated rings. The Hall–Kier alpha value is -2.31. The molecule has 1 aromatic rings. The first-order valence-electron chi connectivity index (χ1n) is 5.27. The normalized spacial score (nSPS) is 11.9. The first-order chi connectivity index (χ1) is 8.32. The Labute approximate surface area is 104 Å². The first-order valence-corrected chi connectivity index (χ1v) is 5.27. The summed E-state index contributed by atoms with van der Waals surface area (Å²) in [7, 11) is 1.69. The molecule has 0 spiro atoms. The van der Waals surface area contributed by atoms with Crippen LogP contribution in [0.1, 0.15) is 22.6 Å². The van der Waals surface area contributed by atoms with Gasteiger partial charge in [0.15, 0.2) is 0 Å². The summed E-state index contributed by atoms with van der Waals surface area (Å²) in [5, 5.41) is 11.1. The monoisotopic (exact) mass is 253 g/mol. The lowest BCUT2D eigenvalue weighted by molar-refractivity contribution is -0.140. The van der Waals surface area contributed by atoms with Crippen LogP contribution in [-0.4, -0.2) is 33.5 Å². The number of nitrogens with zero attached hydrogens (tertiary/aromatic N) is 1. The van der Waals surface area contributed by atoms with Crippen LogP contribution in [0, 0.1) is 6.92 Å². The average Bonchev–Trinajstić information content (AvgIpc) is 2.58. The number of carboxylic acid groups (broad SMARTS) is 1. The van der Waals surface area contributed by atoms with Gasteiger partial charge in [0.2, 0.25) is 5.91 Å². The fourth-order valence-corrected chi connectivity index (χ4v) is 1.47. The SMILES string of the molecule is Cc1ccc(C(=O)NC(CC(N)=O)C(=O)O)n1C. The number of aryl methyl sites for hydroxylation is 1. The lowest BCUT2D eigenvalue weighted by Gasteiger charge is -2.13. The maximum atomic E-state index is 11.8. The van der Waals surface area contributed by atoms with E-state index in [1.807, 2.05) is 6.92 Å². The Morgan fingerprint density at radius 3 is 2.44 bits per heavy atom. The van der Waals surface area contributed by atoms with Gasteiger partial charge in [-0.25, -0.2) is 4.79 Å². The van der Waals surface area contributed by atoms with Crippen LogP contribution in [0.2, 0.25) is 0 Å². The second kappa shape index (κ2) is 5.35. The number of primary amides is 1. The summed E-state index contributed by atoms with van der Waals surface area (Å²) in [6.07, 6.45) is -0.440. The summed E-state index contributed by atoms with van der Waals surface area (Å²) in [5.74, 6) is -2.64. The standard InChI is InChI=1S/C11H15N3O4/c1-6-3-4-8(14(6)2)10(16)13-7(11(17)18)5-9(12)15/h3-4,7H,5H2,1-2H3,(H2,12,15)(H,13,16)(H,17,18). The number of carboxylic acids is 1.